The summed E-state index contributed by atoms with van der Waals surface area (Å²) in [5.74, 6) is -0.873. The van der Waals surface area contributed by atoms with Crippen molar-refractivity contribution < 1.29 is 27.2 Å². The van der Waals surface area contributed by atoms with Crippen molar-refractivity contribution >= 4 is 44.3 Å². The molecule has 2 atom stereocenters. The van der Waals surface area contributed by atoms with Crippen molar-refractivity contribution in [1.82, 2.24) is 25.1 Å². The fraction of sp³-hybridized carbons (Fsp3) is 0.265. The fourth-order valence-corrected chi connectivity index (χ4v) is 6.81. The van der Waals surface area contributed by atoms with E-state index in [1.54, 1.807) is 58.3 Å². The molecule has 13 heteroatoms. The molecule has 0 bridgehead atoms. The Balaban J connectivity index is 1.27. The number of nitrogens with zero attached hydrogens (tertiary/aromatic N) is 4. The average Bonchev–Trinajstić information content (AvgIpc) is 3.37. The van der Waals surface area contributed by atoms with Crippen LogP contribution in [0.3, 0.4) is 0 Å². The number of fused-ring (bicyclic) bond motifs is 2. The van der Waals surface area contributed by atoms with Crippen LogP contribution in [0.15, 0.2) is 91.0 Å². The number of rotatable bonds is 9. The largest absolute Gasteiger partial charge is 0.333 e. The molecule has 0 radical (unpaired) electrons. The summed E-state index contributed by atoms with van der Waals surface area (Å²) in [6.45, 7) is 0.546. The van der Waals surface area contributed by atoms with Crippen molar-refractivity contribution in [1.29, 1.82) is 0 Å². The van der Waals surface area contributed by atoms with Crippen LogP contribution in [0.1, 0.15) is 16.7 Å². The molecule has 2 saturated heterocycles. The Bertz CT molecular complexity index is 1920. The summed E-state index contributed by atoms with van der Waals surface area (Å²) >= 11 is 0. The van der Waals surface area contributed by atoms with Crippen molar-refractivity contribution in [3.8, 4) is 0 Å². The van der Waals surface area contributed by atoms with Crippen LogP contribution >= 0.6 is 0 Å². The molecule has 0 aromatic heterocycles. The van der Waals surface area contributed by atoms with E-state index in [-0.39, 0.29) is 43.7 Å². The SMILES string of the molecule is CN(C(=O)NCc1ccc(F)cc1)N1CC(=O)N2[C@@H](Cc3ccc(NS(C)(=O)=O)cc3)C(=O)N(Cc3cccc4ccccc34)C[C@@H]21. The number of halogens is 1. The summed E-state index contributed by atoms with van der Waals surface area (Å²) in [5, 5.41) is 7.91. The number of urea groups is 1. The first kappa shape index (κ1) is 32.0. The highest BCUT2D eigenvalue weighted by Gasteiger charge is 2.51. The van der Waals surface area contributed by atoms with Gasteiger partial charge in [-0.1, -0.05) is 66.7 Å². The molecule has 244 valence electrons. The van der Waals surface area contributed by atoms with Gasteiger partial charge in [0.15, 0.2) is 0 Å². The lowest BCUT2D eigenvalue weighted by molar-refractivity contribution is -0.157. The Morgan fingerprint density at radius 1 is 0.936 bits per heavy atom. The number of nitrogens with one attached hydrogen (secondary N) is 2. The van der Waals surface area contributed by atoms with Gasteiger partial charge in [-0.25, -0.2) is 17.6 Å². The number of piperazine rings is 1. The highest BCUT2D eigenvalue weighted by molar-refractivity contribution is 7.92. The lowest BCUT2D eigenvalue weighted by Crippen LogP contribution is -2.65. The minimum Gasteiger partial charge on any atom is -0.333 e. The van der Waals surface area contributed by atoms with Crippen LogP contribution in [0, 0.1) is 5.82 Å². The standard InChI is InChI=1S/C34H35FN6O5S/c1-38(34(44)36-19-24-10-14-27(35)15-11-24)40-22-32(42)41-30(18-23-12-16-28(17-13-23)37-47(2,45)46)33(43)39(21-31(40)41)20-26-8-5-7-25-6-3-4-9-29(25)26/h3-17,30-31,37H,18-22H2,1-2H3,(H,36,44)/t30-,31+/m0/s1. The lowest BCUT2D eigenvalue weighted by atomic mass is 9.99. The molecule has 2 aliphatic heterocycles. The van der Waals surface area contributed by atoms with Crippen molar-refractivity contribution in [3.05, 3.63) is 114 Å². The first-order valence-electron chi connectivity index (χ1n) is 15.1. The van der Waals surface area contributed by atoms with Gasteiger partial charge in [-0.15, -0.1) is 0 Å². The fourth-order valence-electron chi connectivity index (χ4n) is 6.24. The molecule has 2 N–H and O–H groups in total. The predicted octanol–water partition coefficient (Wildman–Crippen LogP) is 3.53. The first-order valence-corrected chi connectivity index (χ1v) is 17.0. The molecule has 4 amide bonds. The molecule has 47 heavy (non-hydrogen) atoms. The predicted molar refractivity (Wildman–Crippen MR) is 176 cm³/mol. The van der Waals surface area contributed by atoms with Gasteiger partial charge in [-0.2, -0.15) is 5.01 Å². The van der Waals surface area contributed by atoms with Gasteiger partial charge in [0.2, 0.25) is 21.8 Å². The number of carbonyl (C=O) groups is 3. The number of carbonyl (C=O) groups excluding carboxylic acids is 3. The molecule has 0 spiro atoms. The smallest absolute Gasteiger partial charge is 0.332 e. The molecule has 2 heterocycles. The highest BCUT2D eigenvalue weighted by atomic mass is 32.2. The van der Waals surface area contributed by atoms with Gasteiger partial charge in [0.25, 0.3) is 0 Å². The summed E-state index contributed by atoms with van der Waals surface area (Å²) < 4.78 is 39.1. The molecule has 0 saturated carbocycles. The van der Waals surface area contributed by atoms with E-state index in [1.807, 2.05) is 42.5 Å². The van der Waals surface area contributed by atoms with Gasteiger partial charge >= 0.3 is 6.03 Å². The third-order valence-electron chi connectivity index (χ3n) is 8.53. The molecule has 2 fully saturated rings. The van der Waals surface area contributed by atoms with Crippen LogP contribution < -0.4 is 10.0 Å². The minimum absolute atomic E-state index is 0.103. The average molecular weight is 659 g/mol. The topological polar surface area (TPSA) is 122 Å². The zero-order valence-electron chi connectivity index (χ0n) is 26.0. The van der Waals surface area contributed by atoms with Crippen LogP contribution in [0.25, 0.3) is 10.8 Å². The third-order valence-corrected chi connectivity index (χ3v) is 9.14. The molecular weight excluding hydrogens is 623 g/mol. The number of hydrazine groups is 1. The lowest BCUT2D eigenvalue weighted by Gasteiger charge is -2.46. The monoisotopic (exact) mass is 658 g/mol. The molecule has 0 unspecified atom stereocenters. The van der Waals surface area contributed by atoms with Gasteiger partial charge in [-0.05, 0) is 51.7 Å². The minimum atomic E-state index is -3.46. The zero-order chi connectivity index (χ0) is 33.3. The van der Waals surface area contributed by atoms with Crippen LogP contribution in [-0.4, -0.2) is 84.7 Å². The third kappa shape index (κ3) is 7.05. The van der Waals surface area contributed by atoms with Gasteiger partial charge in [-0.3, -0.25) is 19.3 Å². The summed E-state index contributed by atoms with van der Waals surface area (Å²) in [4.78, 5) is 44.4. The number of benzene rings is 4. The van der Waals surface area contributed by atoms with Crippen molar-refractivity contribution in [3.63, 3.8) is 0 Å². The van der Waals surface area contributed by atoms with Gasteiger partial charge in [0.1, 0.15) is 18.0 Å². The van der Waals surface area contributed by atoms with E-state index in [0.29, 0.717) is 12.2 Å². The molecule has 11 nitrogen and oxygen atoms in total. The van der Waals surface area contributed by atoms with Crippen molar-refractivity contribution in [2.45, 2.75) is 31.7 Å². The summed E-state index contributed by atoms with van der Waals surface area (Å²) in [6, 6.07) is 25.1. The van der Waals surface area contributed by atoms with Crippen LogP contribution in [0.4, 0.5) is 14.9 Å². The number of hydrogen-bond donors (Lipinski definition) is 2. The number of amides is 4. The van der Waals surface area contributed by atoms with E-state index in [4.69, 9.17) is 0 Å². The maximum atomic E-state index is 14.2. The molecule has 2 aliphatic rings. The maximum absolute atomic E-state index is 14.2. The Hall–Kier alpha value is -5.01. The Morgan fingerprint density at radius 2 is 1.62 bits per heavy atom. The van der Waals surface area contributed by atoms with Crippen molar-refractivity contribution in [2.24, 2.45) is 0 Å². The van der Waals surface area contributed by atoms with E-state index in [2.05, 4.69) is 10.0 Å². The molecular formula is C34H35FN6O5S. The van der Waals surface area contributed by atoms with E-state index in [1.165, 1.54) is 17.1 Å². The summed E-state index contributed by atoms with van der Waals surface area (Å²) in [6.07, 6.45) is 0.644. The summed E-state index contributed by atoms with van der Waals surface area (Å²) in [5.41, 5.74) is 2.80. The highest BCUT2D eigenvalue weighted by Crippen LogP contribution is 2.31. The van der Waals surface area contributed by atoms with E-state index in [0.717, 1.165) is 33.7 Å². The number of hydrogen-bond acceptors (Lipinski definition) is 6. The quantitative estimate of drug-likeness (QED) is 0.284. The second-order valence-electron chi connectivity index (χ2n) is 11.8. The molecule has 6 rings (SSSR count). The first-order chi connectivity index (χ1) is 22.5. The van der Waals surface area contributed by atoms with Crippen LogP contribution in [-0.2, 0) is 39.1 Å². The second-order valence-corrected chi connectivity index (χ2v) is 13.6. The van der Waals surface area contributed by atoms with Crippen LogP contribution in [0.5, 0.6) is 0 Å². The van der Waals surface area contributed by atoms with E-state index in [9.17, 15) is 27.2 Å². The van der Waals surface area contributed by atoms with Crippen molar-refractivity contribution in [2.75, 3.05) is 31.1 Å². The number of anilines is 1. The molecule has 4 aromatic rings. The zero-order valence-corrected chi connectivity index (χ0v) is 26.8. The maximum Gasteiger partial charge on any atom is 0.332 e. The number of sulfonamides is 1. The molecule has 0 aliphatic carbocycles. The van der Waals surface area contributed by atoms with Gasteiger partial charge in [0, 0.05) is 32.2 Å². The summed E-state index contributed by atoms with van der Waals surface area (Å²) in [7, 11) is -1.89. The normalized spacial score (nSPS) is 18.4. The van der Waals surface area contributed by atoms with Crippen LogP contribution in [0.2, 0.25) is 0 Å². The Labute approximate surface area is 272 Å². The Kier molecular flexibility index (Phi) is 8.84. The van der Waals surface area contributed by atoms with E-state index < -0.39 is 28.3 Å². The van der Waals surface area contributed by atoms with E-state index >= 15 is 0 Å². The molecule has 4 aromatic carbocycles. The van der Waals surface area contributed by atoms with Gasteiger partial charge < -0.3 is 15.1 Å². The Morgan fingerprint density at radius 3 is 2.34 bits per heavy atom. The second kappa shape index (κ2) is 13.0. The van der Waals surface area contributed by atoms with Gasteiger partial charge in [0.05, 0.1) is 19.3 Å².